The van der Waals surface area contributed by atoms with Gasteiger partial charge in [0.2, 0.25) is 10.0 Å². The van der Waals surface area contributed by atoms with Crippen LogP contribution in [0.5, 0.6) is 0 Å². The highest BCUT2D eigenvalue weighted by molar-refractivity contribution is 7.98. The molecule has 0 heterocycles. The molecule has 0 saturated carbocycles. The maximum atomic E-state index is 10.5. The van der Waals surface area contributed by atoms with E-state index < -0.39 is 10.0 Å². The van der Waals surface area contributed by atoms with E-state index in [1.54, 1.807) is 11.8 Å². The molecule has 0 saturated heterocycles. The Morgan fingerprint density at radius 1 is 1.42 bits per heavy atom. The van der Waals surface area contributed by atoms with Crippen LogP contribution in [0.15, 0.2) is 0 Å². The van der Waals surface area contributed by atoms with Crippen molar-refractivity contribution in [2.24, 2.45) is 5.14 Å². The van der Waals surface area contributed by atoms with Gasteiger partial charge in [0, 0.05) is 6.54 Å². The van der Waals surface area contributed by atoms with Crippen molar-refractivity contribution in [2.45, 2.75) is 6.42 Å². The second-order valence-electron chi connectivity index (χ2n) is 2.46. The number of nitrogens with one attached hydrogen (secondary N) is 1. The monoisotopic (exact) mass is 212 g/mol. The van der Waals surface area contributed by atoms with E-state index in [1.807, 2.05) is 6.26 Å². The van der Waals surface area contributed by atoms with Gasteiger partial charge >= 0.3 is 0 Å². The normalized spacial score (nSPS) is 11.8. The van der Waals surface area contributed by atoms with Gasteiger partial charge < -0.3 is 5.32 Å². The molecular weight excluding hydrogens is 196 g/mol. The quantitative estimate of drug-likeness (QED) is 0.564. The lowest BCUT2D eigenvalue weighted by Crippen LogP contribution is -2.27. The first-order valence-electron chi connectivity index (χ1n) is 3.76. The Balaban J connectivity index is 3.12. The maximum Gasteiger partial charge on any atom is 0.210 e. The lowest BCUT2D eigenvalue weighted by Gasteiger charge is -2.01. The Labute approximate surface area is 78.3 Å². The summed E-state index contributed by atoms with van der Waals surface area (Å²) in [5.74, 6) is 1.12. The van der Waals surface area contributed by atoms with Gasteiger partial charge in [-0.2, -0.15) is 11.8 Å². The standard InChI is InChI=1S/C6H16N2O2S2/c1-11-5-2-3-8-4-6-12(7,9)10/h8H,2-6H2,1H3,(H2,7,9,10). The van der Waals surface area contributed by atoms with Crippen LogP contribution in [0.2, 0.25) is 0 Å². The number of hydrogen-bond donors (Lipinski definition) is 2. The van der Waals surface area contributed by atoms with Gasteiger partial charge in [-0.3, -0.25) is 0 Å². The van der Waals surface area contributed by atoms with Crippen LogP contribution in [0.25, 0.3) is 0 Å². The summed E-state index contributed by atoms with van der Waals surface area (Å²) in [6.07, 6.45) is 3.11. The molecular formula is C6H16N2O2S2. The molecule has 0 aliphatic rings. The Hall–Kier alpha value is 0.220. The number of primary sulfonamides is 1. The fourth-order valence-electron chi connectivity index (χ4n) is 0.681. The van der Waals surface area contributed by atoms with Crippen LogP contribution in [0, 0.1) is 0 Å². The fourth-order valence-corrected chi connectivity index (χ4v) is 1.54. The lowest BCUT2D eigenvalue weighted by atomic mass is 10.5. The topological polar surface area (TPSA) is 72.2 Å². The summed E-state index contributed by atoms with van der Waals surface area (Å²) in [6, 6.07) is 0. The van der Waals surface area contributed by atoms with Crippen molar-refractivity contribution in [2.75, 3.05) is 30.9 Å². The predicted octanol–water partition coefficient (Wildman–Crippen LogP) is -0.382. The molecule has 0 spiro atoms. The molecule has 4 nitrogen and oxygen atoms in total. The smallest absolute Gasteiger partial charge is 0.210 e. The molecule has 0 aliphatic carbocycles. The van der Waals surface area contributed by atoms with E-state index in [0.717, 1.165) is 18.7 Å². The minimum Gasteiger partial charge on any atom is -0.316 e. The van der Waals surface area contributed by atoms with E-state index in [1.165, 1.54) is 0 Å². The van der Waals surface area contributed by atoms with Gasteiger partial charge in [-0.25, -0.2) is 13.6 Å². The van der Waals surface area contributed by atoms with Crippen molar-refractivity contribution in [3.63, 3.8) is 0 Å². The summed E-state index contributed by atoms with van der Waals surface area (Å²) in [4.78, 5) is 0. The van der Waals surface area contributed by atoms with Crippen LogP contribution in [0.3, 0.4) is 0 Å². The van der Waals surface area contributed by atoms with Crippen LogP contribution in [-0.4, -0.2) is 39.3 Å². The Morgan fingerprint density at radius 2 is 2.08 bits per heavy atom. The van der Waals surface area contributed by atoms with Crippen molar-refractivity contribution >= 4 is 21.8 Å². The van der Waals surface area contributed by atoms with Crippen LogP contribution >= 0.6 is 11.8 Å². The third kappa shape index (κ3) is 10.2. The highest BCUT2D eigenvalue weighted by Crippen LogP contribution is 1.92. The minimum absolute atomic E-state index is 0.0201. The molecule has 6 heteroatoms. The summed E-state index contributed by atoms with van der Waals surface area (Å²) in [6.45, 7) is 1.31. The first kappa shape index (κ1) is 12.2. The molecule has 0 aliphatic heterocycles. The fraction of sp³-hybridized carbons (Fsp3) is 1.00. The van der Waals surface area contributed by atoms with Crippen LogP contribution in [0.1, 0.15) is 6.42 Å². The zero-order valence-corrected chi connectivity index (χ0v) is 8.88. The summed E-state index contributed by atoms with van der Waals surface area (Å²) < 4.78 is 20.9. The molecule has 74 valence electrons. The molecule has 0 radical (unpaired) electrons. The van der Waals surface area contributed by atoms with E-state index in [4.69, 9.17) is 5.14 Å². The predicted molar refractivity (Wildman–Crippen MR) is 53.8 cm³/mol. The minimum atomic E-state index is -3.28. The SMILES string of the molecule is CSCCCNCCS(N)(=O)=O. The van der Waals surface area contributed by atoms with E-state index in [2.05, 4.69) is 5.32 Å². The van der Waals surface area contributed by atoms with Gasteiger partial charge in [0.05, 0.1) is 5.75 Å². The highest BCUT2D eigenvalue weighted by Gasteiger charge is 1.99. The lowest BCUT2D eigenvalue weighted by molar-refractivity contribution is 0.592. The average Bonchev–Trinajstić information content (AvgIpc) is 1.94. The Morgan fingerprint density at radius 3 is 2.58 bits per heavy atom. The van der Waals surface area contributed by atoms with Crippen molar-refractivity contribution in [3.05, 3.63) is 0 Å². The van der Waals surface area contributed by atoms with Crippen molar-refractivity contribution in [1.82, 2.24) is 5.32 Å². The summed E-state index contributed by atoms with van der Waals surface area (Å²) in [5.41, 5.74) is 0. The molecule has 3 N–H and O–H groups in total. The first-order valence-corrected chi connectivity index (χ1v) is 6.87. The van der Waals surface area contributed by atoms with Crippen molar-refractivity contribution in [3.8, 4) is 0 Å². The second-order valence-corrected chi connectivity index (χ2v) is 5.18. The van der Waals surface area contributed by atoms with Gasteiger partial charge in [-0.15, -0.1) is 0 Å². The highest BCUT2D eigenvalue weighted by atomic mass is 32.2. The van der Waals surface area contributed by atoms with E-state index >= 15 is 0 Å². The molecule has 0 aromatic rings. The molecule has 0 unspecified atom stereocenters. The third-order valence-electron chi connectivity index (χ3n) is 1.27. The number of nitrogens with two attached hydrogens (primary N) is 1. The van der Waals surface area contributed by atoms with Gasteiger partial charge in [0.25, 0.3) is 0 Å². The zero-order chi connectivity index (χ0) is 9.45. The van der Waals surface area contributed by atoms with E-state index in [-0.39, 0.29) is 5.75 Å². The summed E-state index contributed by atoms with van der Waals surface area (Å²) in [5, 5.41) is 7.81. The molecule has 0 fully saturated rings. The van der Waals surface area contributed by atoms with Gasteiger partial charge in [0.15, 0.2) is 0 Å². The van der Waals surface area contributed by atoms with Crippen LogP contribution in [0.4, 0.5) is 0 Å². The molecule has 0 bridgehead atoms. The van der Waals surface area contributed by atoms with Crippen LogP contribution < -0.4 is 10.5 Å². The summed E-state index contributed by atoms with van der Waals surface area (Å²) >= 11 is 1.78. The van der Waals surface area contributed by atoms with Crippen molar-refractivity contribution < 1.29 is 8.42 Å². The Kier molecular flexibility index (Phi) is 6.83. The van der Waals surface area contributed by atoms with Gasteiger partial charge in [-0.1, -0.05) is 0 Å². The van der Waals surface area contributed by atoms with E-state index in [9.17, 15) is 8.42 Å². The second kappa shape index (κ2) is 6.71. The maximum absolute atomic E-state index is 10.5. The number of rotatable bonds is 7. The molecule has 0 amide bonds. The number of thioether (sulfide) groups is 1. The van der Waals surface area contributed by atoms with Gasteiger partial charge in [0.1, 0.15) is 0 Å². The third-order valence-corrected chi connectivity index (χ3v) is 2.74. The number of sulfonamides is 1. The number of hydrogen-bond acceptors (Lipinski definition) is 4. The Bertz CT molecular complexity index is 192. The molecule has 0 atom stereocenters. The van der Waals surface area contributed by atoms with Crippen LogP contribution in [-0.2, 0) is 10.0 Å². The van der Waals surface area contributed by atoms with Crippen molar-refractivity contribution in [1.29, 1.82) is 0 Å². The first-order chi connectivity index (χ1) is 5.56. The molecule has 0 aromatic carbocycles. The molecule has 12 heavy (non-hydrogen) atoms. The largest absolute Gasteiger partial charge is 0.316 e. The average molecular weight is 212 g/mol. The van der Waals surface area contributed by atoms with Gasteiger partial charge in [-0.05, 0) is 25.0 Å². The zero-order valence-electron chi connectivity index (χ0n) is 7.25. The summed E-state index contributed by atoms with van der Waals surface area (Å²) in [7, 11) is -3.28. The van der Waals surface area contributed by atoms with E-state index in [0.29, 0.717) is 6.54 Å². The molecule has 0 aromatic heterocycles. The molecule has 0 rings (SSSR count).